The number of ether oxygens (including phenoxy) is 2. The van der Waals surface area contributed by atoms with E-state index >= 15 is 0 Å². The Morgan fingerprint density at radius 2 is 1.88 bits per heavy atom. The standard InChI is InChI=1S/C17H24F2N2O4/c1-10(2)15(20-11(3)22)16(23)21(4)9-12-6-7-13(25-17(18)19)14(8-12)24-5/h6-8,10,15,17H,9H2,1-5H3,(H,20,22)/t15-/m0/s1. The van der Waals surface area contributed by atoms with Gasteiger partial charge in [-0.2, -0.15) is 8.78 Å². The molecule has 1 N–H and O–H groups in total. The number of methoxy groups -OCH3 is 1. The van der Waals surface area contributed by atoms with Crippen LogP contribution in [0.5, 0.6) is 11.5 Å². The summed E-state index contributed by atoms with van der Waals surface area (Å²) in [7, 11) is 2.95. The lowest BCUT2D eigenvalue weighted by Crippen LogP contribution is -2.49. The van der Waals surface area contributed by atoms with E-state index < -0.39 is 12.7 Å². The van der Waals surface area contributed by atoms with Gasteiger partial charge in [0.2, 0.25) is 11.8 Å². The number of hydrogen-bond donors (Lipinski definition) is 1. The first-order chi connectivity index (χ1) is 11.6. The molecule has 0 heterocycles. The molecule has 0 bridgehead atoms. The number of benzene rings is 1. The van der Waals surface area contributed by atoms with Gasteiger partial charge in [-0.25, -0.2) is 0 Å². The lowest BCUT2D eigenvalue weighted by atomic mass is 10.0. The summed E-state index contributed by atoms with van der Waals surface area (Å²) < 4.78 is 34.1. The van der Waals surface area contributed by atoms with Crippen LogP contribution < -0.4 is 14.8 Å². The first kappa shape index (κ1) is 20.7. The Balaban J connectivity index is 2.89. The summed E-state index contributed by atoms with van der Waals surface area (Å²) in [6.45, 7) is 2.31. The Morgan fingerprint density at radius 3 is 2.36 bits per heavy atom. The third-order valence-electron chi connectivity index (χ3n) is 3.53. The van der Waals surface area contributed by atoms with Gasteiger partial charge in [-0.05, 0) is 23.6 Å². The molecule has 1 rings (SSSR count). The molecule has 0 spiro atoms. The van der Waals surface area contributed by atoms with Crippen molar-refractivity contribution in [2.45, 2.75) is 40.0 Å². The number of rotatable bonds is 8. The molecule has 0 saturated heterocycles. The van der Waals surface area contributed by atoms with Gasteiger partial charge in [0.05, 0.1) is 7.11 Å². The van der Waals surface area contributed by atoms with Crippen LogP contribution >= 0.6 is 0 Å². The van der Waals surface area contributed by atoms with Gasteiger partial charge in [0, 0.05) is 20.5 Å². The topological polar surface area (TPSA) is 67.9 Å². The molecular formula is C17H24F2N2O4. The molecular weight excluding hydrogens is 334 g/mol. The van der Waals surface area contributed by atoms with E-state index in [-0.39, 0.29) is 35.8 Å². The highest BCUT2D eigenvalue weighted by molar-refractivity contribution is 5.86. The molecule has 0 unspecified atom stereocenters. The van der Waals surface area contributed by atoms with Gasteiger partial charge in [0.15, 0.2) is 11.5 Å². The summed E-state index contributed by atoms with van der Waals surface area (Å²) in [6, 6.07) is 3.84. The van der Waals surface area contributed by atoms with Crippen molar-refractivity contribution in [1.82, 2.24) is 10.2 Å². The van der Waals surface area contributed by atoms with Crippen molar-refractivity contribution in [2.24, 2.45) is 5.92 Å². The second kappa shape index (κ2) is 9.19. The lowest BCUT2D eigenvalue weighted by molar-refractivity contribution is -0.136. The Labute approximate surface area is 146 Å². The monoisotopic (exact) mass is 358 g/mol. The van der Waals surface area contributed by atoms with Crippen molar-refractivity contribution in [2.75, 3.05) is 14.2 Å². The number of halogens is 2. The third-order valence-corrected chi connectivity index (χ3v) is 3.53. The summed E-state index contributed by atoms with van der Waals surface area (Å²) in [6.07, 6.45) is 0. The van der Waals surface area contributed by atoms with Crippen molar-refractivity contribution in [1.29, 1.82) is 0 Å². The Morgan fingerprint density at radius 1 is 1.24 bits per heavy atom. The maximum atomic E-state index is 12.5. The zero-order valence-corrected chi connectivity index (χ0v) is 15.0. The van der Waals surface area contributed by atoms with Crippen molar-refractivity contribution in [3.8, 4) is 11.5 Å². The summed E-state index contributed by atoms with van der Waals surface area (Å²) in [5.74, 6) is -0.516. The van der Waals surface area contributed by atoms with Crippen molar-refractivity contribution < 1.29 is 27.8 Å². The predicted octanol–water partition coefficient (Wildman–Crippen LogP) is 2.42. The molecule has 0 radical (unpaired) electrons. The highest BCUT2D eigenvalue weighted by atomic mass is 19.3. The number of hydrogen-bond acceptors (Lipinski definition) is 4. The highest BCUT2D eigenvalue weighted by Gasteiger charge is 2.26. The molecule has 0 saturated carbocycles. The molecule has 140 valence electrons. The van der Waals surface area contributed by atoms with Gasteiger partial charge in [-0.1, -0.05) is 19.9 Å². The van der Waals surface area contributed by atoms with Crippen LogP contribution in [0.1, 0.15) is 26.3 Å². The predicted molar refractivity (Wildman–Crippen MR) is 88.5 cm³/mol. The molecule has 2 amide bonds. The SMILES string of the molecule is COc1cc(CN(C)C(=O)[C@@H](NC(C)=O)C(C)C)ccc1OC(F)F. The van der Waals surface area contributed by atoms with Gasteiger partial charge < -0.3 is 19.7 Å². The normalized spacial score (nSPS) is 12.0. The average molecular weight is 358 g/mol. The number of nitrogens with one attached hydrogen (secondary N) is 1. The van der Waals surface area contributed by atoms with Crippen LogP contribution in [0.2, 0.25) is 0 Å². The molecule has 1 aromatic carbocycles. The minimum atomic E-state index is -2.95. The molecule has 1 atom stereocenters. The van der Waals surface area contributed by atoms with Crippen molar-refractivity contribution in [3.63, 3.8) is 0 Å². The summed E-state index contributed by atoms with van der Waals surface area (Å²) >= 11 is 0. The largest absolute Gasteiger partial charge is 0.493 e. The van der Waals surface area contributed by atoms with Gasteiger partial charge in [-0.3, -0.25) is 9.59 Å². The van der Waals surface area contributed by atoms with Crippen molar-refractivity contribution >= 4 is 11.8 Å². The molecule has 0 fully saturated rings. The first-order valence-corrected chi connectivity index (χ1v) is 7.79. The number of carbonyl (C=O) groups excluding carboxylic acids is 2. The lowest BCUT2D eigenvalue weighted by Gasteiger charge is -2.27. The third kappa shape index (κ3) is 6.21. The van der Waals surface area contributed by atoms with Crippen LogP contribution in [0, 0.1) is 5.92 Å². The molecule has 6 nitrogen and oxygen atoms in total. The van der Waals surface area contributed by atoms with Crippen LogP contribution in [0.4, 0.5) is 8.78 Å². The number of likely N-dealkylation sites (N-methyl/N-ethyl adjacent to an activating group) is 1. The van der Waals surface area contributed by atoms with E-state index in [0.29, 0.717) is 5.56 Å². The van der Waals surface area contributed by atoms with Crippen LogP contribution in [0.15, 0.2) is 18.2 Å². The second-order valence-corrected chi connectivity index (χ2v) is 5.98. The zero-order valence-electron chi connectivity index (χ0n) is 15.0. The second-order valence-electron chi connectivity index (χ2n) is 5.98. The van der Waals surface area contributed by atoms with Gasteiger partial charge in [-0.15, -0.1) is 0 Å². The van der Waals surface area contributed by atoms with E-state index in [1.54, 1.807) is 13.1 Å². The Bertz CT molecular complexity index is 608. The van der Waals surface area contributed by atoms with Crippen LogP contribution in [0.25, 0.3) is 0 Å². The minimum absolute atomic E-state index is 0.0739. The van der Waals surface area contributed by atoms with Crippen LogP contribution in [0.3, 0.4) is 0 Å². The molecule has 8 heteroatoms. The minimum Gasteiger partial charge on any atom is -0.493 e. The van der Waals surface area contributed by atoms with E-state index in [4.69, 9.17) is 4.74 Å². The van der Waals surface area contributed by atoms with E-state index in [0.717, 1.165) is 0 Å². The molecule has 0 aliphatic heterocycles. The van der Waals surface area contributed by atoms with E-state index in [2.05, 4.69) is 10.1 Å². The Hall–Kier alpha value is -2.38. The van der Waals surface area contributed by atoms with Crippen LogP contribution in [-0.2, 0) is 16.1 Å². The zero-order chi connectivity index (χ0) is 19.1. The first-order valence-electron chi connectivity index (χ1n) is 7.79. The fourth-order valence-corrected chi connectivity index (χ4v) is 2.33. The quantitative estimate of drug-likeness (QED) is 0.775. The smallest absolute Gasteiger partial charge is 0.387 e. The molecule has 0 aliphatic rings. The fourth-order valence-electron chi connectivity index (χ4n) is 2.33. The maximum absolute atomic E-state index is 12.5. The summed E-state index contributed by atoms with van der Waals surface area (Å²) in [5.41, 5.74) is 0.680. The molecule has 1 aromatic rings. The number of alkyl halides is 2. The van der Waals surface area contributed by atoms with E-state index in [9.17, 15) is 18.4 Å². The van der Waals surface area contributed by atoms with E-state index in [1.807, 2.05) is 13.8 Å². The van der Waals surface area contributed by atoms with Gasteiger partial charge >= 0.3 is 6.61 Å². The number of carbonyl (C=O) groups is 2. The summed E-state index contributed by atoms with van der Waals surface area (Å²) in [5, 5.41) is 2.64. The number of amides is 2. The highest BCUT2D eigenvalue weighted by Crippen LogP contribution is 2.29. The van der Waals surface area contributed by atoms with Gasteiger partial charge in [0.1, 0.15) is 6.04 Å². The maximum Gasteiger partial charge on any atom is 0.387 e. The molecule has 0 aliphatic carbocycles. The average Bonchev–Trinajstić information content (AvgIpc) is 2.52. The van der Waals surface area contributed by atoms with Crippen molar-refractivity contribution in [3.05, 3.63) is 23.8 Å². The number of nitrogens with zero attached hydrogens (tertiary/aromatic N) is 1. The van der Waals surface area contributed by atoms with E-state index in [1.165, 1.54) is 31.1 Å². The summed E-state index contributed by atoms with van der Waals surface area (Å²) in [4.78, 5) is 25.3. The van der Waals surface area contributed by atoms with Gasteiger partial charge in [0.25, 0.3) is 0 Å². The van der Waals surface area contributed by atoms with Crippen LogP contribution in [-0.4, -0.2) is 43.5 Å². The fraction of sp³-hybridized carbons (Fsp3) is 0.529. The Kier molecular flexibility index (Phi) is 7.60. The molecule has 25 heavy (non-hydrogen) atoms. The molecule has 0 aromatic heterocycles.